The normalized spacial score (nSPS) is 17.0. The number of hydrogen-bond acceptors (Lipinski definition) is 3. The van der Waals surface area contributed by atoms with Crippen molar-refractivity contribution in [3.8, 4) is 0 Å². The molecule has 0 radical (unpaired) electrons. The molecular weight excluding hydrogens is 321 g/mol. The number of carbonyl (C=O) groups excluding carboxylic acids is 1. The number of pyridine rings is 1. The van der Waals surface area contributed by atoms with Gasteiger partial charge in [-0.15, -0.1) is 0 Å². The second kappa shape index (κ2) is 8.07. The highest BCUT2D eigenvalue weighted by Crippen LogP contribution is 2.32. The molecule has 2 atom stereocenters. The Hall–Kier alpha value is -2.47. The maximum Gasteiger partial charge on any atom is 0.315 e. The number of urea groups is 1. The van der Waals surface area contributed by atoms with Crippen LogP contribution in [0.1, 0.15) is 29.3 Å². The van der Waals surface area contributed by atoms with E-state index >= 15 is 0 Å². The molecule has 0 saturated carbocycles. The number of aliphatic hydroxyl groups excluding tert-OH is 1. The smallest absolute Gasteiger partial charge is 0.315 e. The fourth-order valence-corrected chi connectivity index (χ4v) is 3.22. The van der Waals surface area contributed by atoms with Gasteiger partial charge in [0, 0.05) is 31.0 Å². The Balaban J connectivity index is 1.51. The standard InChI is InChI=1S/C19H22FN3O2/c20-17-6-3-5-16-15(17)7-8-18(16)23-19(25)22-11-13(12-24)10-14-4-1-2-9-21-14/h1-6,9,13,18,24H,7-8,10-12H2,(H2,22,23,25)/t13-,18+/m1/s1. The molecule has 2 aromatic rings. The van der Waals surface area contributed by atoms with Crippen molar-refractivity contribution in [2.75, 3.05) is 13.2 Å². The first-order valence-corrected chi connectivity index (χ1v) is 8.49. The van der Waals surface area contributed by atoms with Gasteiger partial charge in [-0.25, -0.2) is 9.18 Å². The van der Waals surface area contributed by atoms with Gasteiger partial charge in [0.25, 0.3) is 0 Å². The summed E-state index contributed by atoms with van der Waals surface area (Å²) in [5.74, 6) is -0.313. The molecule has 132 valence electrons. The molecule has 1 aromatic carbocycles. The van der Waals surface area contributed by atoms with Crippen molar-refractivity contribution in [2.45, 2.75) is 25.3 Å². The van der Waals surface area contributed by atoms with Crippen LogP contribution in [-0.4, -0.2) is 29.3 Å². The van der Waals surface area contributed by atoms with Crippen LogP contribution in [0, 0.1) is 11.7 Å². The van der Waals surface area contributed by atoms with Crippen LogP contribution >= 0.6 is 0 Å². The van der Waals surface area contributed by atoms with E-state index in [0.29, 0.717) is 31.4 Å². The molecule has 0 saturated heterocycles. The number of benzene rings is 1. The topological polar surface area (TPSA) is 74.2 Å². The van der Waals surface area contributed by atoms with Crippen molar-refractivity contribution in [2.24, 2.45) is 5.92 Å². The first kappa shape index (κ1) is 17.4. The number of fused-ring (bicyclic) bond motifs is 1. The van der Waals surface area contributed by atoms with Crippen LogP contribution in [0.5, 0.6) is 0 Å². The van der Waals surface area contributed by atoms with Crippen molar-refractivity contribution in [3.63, 3.8) is 0 Å². The highest BCUT2D eigenvalue weighted by atomic mass is 19.1. The number of nitrogens with zero attached hydrogens (tertiary/aromatic N) is 1. The predicted molar refractivity (Wildman–Crippen MR) is 92.5 cm³/mol. The third-order valence-corrected chi connectivity index (χ3v) is 4.55. The first-order chi connectivity index (χ1) is 12.2. The second-order valence-electron chi connectivity index (χ2n) is 6.33. The molecule has 0 unspecified atom stereocenters. The lowest BCUT2D eigenvalue weighted by molar-refractivity contribution is 0.212. The number of carbonyl (C=O) groups is 1. The molecule has 1 aliphatic carbocycles. The van der Waals surface area contributed by atoms with Gasteiger partial charge in [-0.05, 0) is 48.6 Å². The van der Waals surface area contributed by atoms with Gasteiger partial charge in [0.2, 0.25) is 0 Å². The van der Waals surface area contributed by atoms with Crippen LogP contribution in [-0.2, 0) is 12.8 Å². The van der Waals surface area contributed by atoms with Gasteiger partial charge < -0.3 is 15.7 Å². The summed E-state index contributed by atoms with van der Waals surface area (Å²) < 4.78 is 13.7. The molecular formula is C19H22FN3O2. The van der Waals surface area contributed by atoms with Gasteiger partial charge >= 0.3 is 6.03 Å². The summed E-state index contributed by atoms with van der Waals surface area (Å²) in [5.41, 5.74) is 2.42. The number of aromatic nitrogens is 1. The molecule has 0 spiro atoms. The van der Waals surface area contributed by atoms with E-state index < -0.39 is 0 Å². The van der Waals surface area contributed by atoms with E-state index in [0.717, 1.165) is 11.3 Å². The van der Waals surface area contributed by atoms with Crippen molar-refractivity contribution >= 4 is 6.03 Å². The van der Waals surface area contributed by atoms with Crippen LogP contribution in [0.2, 0.25) is 0 Å². The molecule has 1 aromatic heterocycles. The van der Waals surface area contributed by atoms with E-state index in [1.807, 2.05) is 24.3 Å². The molecule has 1 aliphatic rings. The lowest BCUT2D eigenvalue weighted by atomic mass is 10.0. The summed E-state index contributed by atoms with van der Waals surface area (Å²) in [6.45, 7) is 0.315. The minimum absolute atomic E-state index is 0.0334. The molecule has 0 aliphatic heterocycles. The number of hydrogen-bond donors (Lipinski definition) is 3. The van der Waals surface area contributed by atoms with Crippen molar-refractivity contribution in [3.05, 3.63) is 65.2 Å². The fraction of sp³-hybridized carbons (Fsp3) is 0.368. The number of nitrogens with one attached hydrogen (secondary N) is 2. The summed E-state index contributed by atoms with van der Waals surface area (Å²) in [4.78, 5) is 16.4. The van der Waals surface area contributed by atoms with E-state index in [2.05, 4.69) is 15.6 Å². The van der Waals surface area contributed by atoms with Crippen molar-refractivity contribution < 1.29 is 14.3 Å². The maximum absolute atomic E-state index is 13.7. The Morgan fingerprint density at radius 2 is 2.20 bits per heavy atom. The van der Waals surface area contributed by atoms with Gasteiger partial charge in [-0.1, -0.05) is 18.2 Å². The van der Waals surface area contributed by atoms with Crippen molar-refractivity contribution in [1.82, 2.24) is 15.6 Å². The zero-order valence-electron chi connectivity index (χ0n) is 13.9. The molecule has 6 heteroatoms. The number of halogens is 1. The third kappa shape index (κ3) is 4.33. The second-order valence-corrected chi connectivity index (χ2v) is 6.33. The first-order valence-electron chi connectivity index (χ1n) is 8.49. The number of amides is 2. The van der Waals surface area contributed by atoms with E-state index in [4.69, 9.17) is 0 Å². The van der Waals surface area contributed by atoms with Crippen LogP contribution < -0.4 is 10.6 Å². The largest absolute Gasteiger partial charge is 0.396 e. The number of rotatable bonds is 6. The molecule has 25 heavy (non-hydrogen) atoms. The molecule has 2 amide bonds. The van der Waals surface area contributed by atoms with Crippen molar-refractivity contribution in [1.29, 1.82) is 0 Å². The average molecular weight is 343 g/mol. The average Bonchev–Trinajstić information content (AvgIpc) is 3.04. The van der Waals surface area contributed by atoms with Gasteiger partial charge in [-0.3, -0.25) is 4.98 Å². The summed E-state index contributed by atoms with van der Waals surface area (Å²) in [5, 5.41) is 15.2. The quantitative estimate of drug-likeness (QED) is 0.754. The third-order valence-electron chi connectivity index (χ3n) is 4.55. The van der Waals surface area contributed by atoms with Crippen LogP contribution in [0.25, 0.3) is 0 Å². The zero-order chi connectivity index (χ0) is 17.6. The van der Waals surface area contributed by atoms with E-state index in [-0.39, 0.29) is 30.4 Å². The highest BCUT2D eigenvalue weighted by molar-refractivity contribution is 5.74. The molecule has 1 heterocycles. The van der Waals surface area contributed by atoms with Crippen LogP contribution in [0.3, 0.4) is 0 Å². The summed E-state index contributed by atoms with van der Waals surface area (Å²) in [7, 11) is 0. The van der Waals surface area contributed by atoms with E-state index in [9.17, 15) is 14.3 Å². The predicted octanol–water partition coefficient (Wildman–Crippen LogP) is 2.36. The van der Waals surface area contributed by atoms with Gasteiger partial charge in [0.1, 0.15) is 5.82 Å². The van der Waals surface area contributed by atoms with Crippen LogP contribution in [0.4, 0.5) is 9.18 Å². The summed E-state index contributed by atoms with van der Waals surface area (Å²) in [6.07, 6.45) is 3.63. The zero-order valence-corrected chi connectivity index (χ0v) is 13.9. The van der Waals surface area contributed by atoms with Crippen LogP contribution in [0.15, 0.2) is 42.6 Å². The fourth-order valence-electron chi connectivity index (χ4n) is 3.22. The highest BCUT2D eigenvalue weighted by Gasteiger charge is 2.26. The van der Waals surface area contributed by atoms with Gasteiger partial charge in [0.15, 0.2) is 0 Å². The molecule has 5 nitrogen and oxygen atoms in total. The Bertz CT molecular complexity index is 724. The minimum atomic E-state index is -0.304. The van der Waals surface area contributed by atoms with Gasteiger partial charge in [-0.2, -0.15) is 0 Å². The lowest BCUT2D eigenvalue weighted by Crippen LogP contribution is -2.40. The number of aliphatic hydroxyl groups is 1. The van der Waals surface area contributed by atoms with E-state index in [1.165, 1.54) is 6.07 Å². The minimum Gasteiger partial charge on any atom is -0.396 e. The Morgan fingerprint density at radius 1 is 1.32 bits per heavy atom. The molecule has 3 N–H and O–H groups in total. The summed E-state index contributed by atoms with van der Waals surface area (Å²) in [6, 6.07) is 10.1. The summed E-state index contributed by atoms with van der Waals surface area (Å²) >= 11 is 0. The maximum atomic E-state index is 13.7. The molecule has 3 rings (SSSR count). The lowest BCUT2D eigenvalue weighted by Gasteiger charge is -2.18. The van der Waals surface area contributed by atoms with E-state index in [1.54, 1.807) is 12.3 Å². The Morgan fingerprint density at radius 3 is 2.96 bits per heavy atom. The van der Waals surface area contributed by atoms with Gasteiger partial charge in [0.05, 0.1) is 6.04 Å². The Labute approximate surface area is 146 Å². The molecule has 0 bridgehead atoms. The SMILES string of the molecule is O=C(NC[C@H](CO)Cc1ccccn1)N[C@H]1CCc2c(F)cccc21. The molecule has 0 fully saturated rings. The monoisotopic (exact) mass is 343 g/mol. The Kier molecular flexibility index (Phi) is 5.60.